The summed E-state index contributed by atoms with van der Waals surface area (Å²) in [5.74, 6) is 0.675. The molecule has 2 heterocycles. The van der Waals surface area contributed by atoms with Crippen LogP contribution in [0.25, 0.3) is 0 Å². The van der Waals surface area contributed by atoms with Crippen molar-refractivity contribution in [1.82, 2.24) is 19.8 Å². The van der Waals surface area contributed by atoms with Crippen LogP contribution in [-0.2, 0) is 23.9 Å². The lowest BCUT2D eigenvalue weighted by Gasteiger charge is -2.37. The van der Waals surface area contributed by atoms with Gasteiger partial charge in [-0.1, -0.05) is 54.4 Å². The number of likely N-dealkylation sites (N-methyl/N-ethyl adjacent to an activating group) is 1. The number of likely N-dealkylation sites (tertiary alicyclic amines) is 1. The highest BCUT2D eigenvalue weighted by atomic mass is 16.5. The molecule has 41 heavy (non-hydrogen) atoms. The first-order valence-corrected chi connectivity index (χ1v) is 14.6. The molecule has 2 amide bonds. The molecule has 2 rings (SSSR count). The van der Waals surface area contributed by atoms with Crippen molar-refractivity contribution in [2.45, 2.75) is 97.9 Å². The van der Waals surface area contributed by atoms with E-state index < -0.39 is 0 Å². The molecule has 0 aromatic carbocycles. The Balaban J connectivity index is 0. The summed E-state index contributed by atoms with van der Waals surface area (Å²) in [7, 11) is 6.14. The van der Waals surface area contributed by atoms with Gasteiger partial charge in [0.1, 0.15) is 6.29 Å². The fraction of sp³-hybridized carbons (Fsp3) is 0.767. The standard InChI is InChI=1S/C16H28N4O2.C10H17NO3.C3H8.CH4O/c1-6-12(3)15(13(7-2)22-5)20(4)14(21)11-19-16-17-9-8-10-18-16;1-8(6-12)10(14-2)9-4-3-5-11(9)7-13;1-3-2;1-2/h8-10,12-13,15H,6-7,11H2,1-5H3,(H,17,18,19);6-10H,3-5H2,1-2H3;3H2,1-2H3;2H,1H3. The van der Waals surface area contributed by atoms with E-state index in [0.29, 0.717) is 11.9 Å². The van der Waals surface area contributed by atoms with Crippen molar-refractivity contribution in [3.8, 4) is 0 Å². The number of hydrogen-bond acceptors (Lipinski definition) is 9. The Kier molecular flexibility index (Phi) is 24.8. The van der Waals surface area contributed by atoms with E-state index >= 15 is 0 Å². The minimum Gasteiger partial charge on any atom is -0.400 e. The number of anilines is 1. The van der Waals surface area contributed by atoms with Gasteiger partial charge in [0.15, 0.2) is 0 Å². The largest absolute Gasteiger partial charge is 0.400 e. The molecule has 6 atom stereocenters. The maximum absolute atomic E-state index is 12.5. The van der Waals surface area contributed by atoms with Crippen molar-refractivity contribution in [3.63, 3.8) is 0 Å². The quantitative estimate of drug-likeness (QED) is 0.315. The fourth-order valence-corrected chi connectivity index (χ4v) is 4.72. The molecule has 0 bridgehead atoms. The van der Waals surface area contributed by atoms with Crippen LogP contribution in [0.15, 0.2) is 18.5 Å². The number of nitrogens with zero attached hydrogens (tertiary/aromatic N) is 4. The van der Waals surface area contributed by atoms with Gasteiger partial charge in [0.25, 0.3) is 0 Å². The number of aliphatic hydroxyl groups is 1. The first-order valence-electron chi connectivity index (χ1n) is 14.6. The molecule has 1 aromatic heterocycles. The highest BCUT2D eigenvalue weighted by molar-refractivity contribution is 5.80. The molecule has 0 aliphatic carbocycles. The van der Waals surface area contributed by atoms with Gasteiger partial charge in [-0.25, -0.2) is 9.97 Å². The third kappa shape index (κ3) is 14.7. The fourth-order valence-electron chi connectivity index (χ4n) is 4.72. The number of aliphatic hydroxyl groups excluding tert-OH is 1. The van der Waals surface area contributed by atoms with Gasteiger partial charge >= 0.3 is 0 Å². The lowest BCUT2D eigenvalue weighted by Crippen LogP contribution is -2.50. The molecule has 0 radical (unpaired) electrons. The van der Waals surface area contributed by atoms with Gasteiger partial charge in [0, 0.05) is 53.2 Å². The molecule has 1 aliphatic rings. The van der Waals surface area contributed by atoms with Crippen LogP contribution < -0.4 is 5.32 Å². The van der Waals surface area contributed by atoms with Gasteiger partial charge < -0.3 is 34.5 Å². The summed E-state index contributed by atoms with van der Waals surface area (Å²) >= 11 is 0. The average Bonchev–Trinajstić information content (AvgIpc) is 3.48. The average molecular weight is 584 g/mol. The van der Waals surface area contributed by atoms with E-state index in [-0.39, 0.29) is 42.7 Å². The summed E-state index contributed by atoms with van der Waals surface area (Å²) in [6, 6.07) is 1.87. The minimum atomic E-state index is -0.166. The van der Waals surface area contributed by atoms with Crippen molar-refractivity contribution < 1.29 is 29.0 Å². The lowest BCUT2D eigenvalue weighted by molar-refractivity contribution is -0.134. The predicted molar refractivity (Wildman–Crippen MR) is 164 cm³/mol. The number of rotatable bonds is 14. The molecule has 6 unspecified atom stereocenters. The van der Waals surface area contributed by atoms with Crippen LogP contribution in [0.5, 0.6) is 0 Å². The minimum absolute atomic E-state index is 0.00764. The first-order chi connectivity index (χ1) is 19.7. The Morgan fingerprint density at radius 2 is 1.71 bits per heavy atom. The number of aldehydes is 1. The van der Waals surface area contributed by atoms with Gasteiger partial charge in [0.2, 0.25) is 18.3 Å². The number of carbonyl (C=O) groups is 3. The summed E-state index contributed by atoms with van der Waals surface area (Å²) < 4.78 is 10.9. The maximum Gasteiger partial charge on any atom is 0.242 e. The zero-order chi connectivity index (χ0) is 31.8. The molecule has 11 heteroatoms. The SMILES string of the molecule is CCC.CCC(C)C(C(CC)OC)N(C)C(=O)CNc1ncccn1.CO.COC(C(C)C=O)C1CCCN1C=O. The van der Waals surface area contributed by atoms with E-state index in [9.17, 15) is 14.4 Å². The molecular weight excluding hydrogens is 526 g/mol. The van der Waals surface area contributed by atoms with Crippen LogP contribution in [0.1, 0.15) is 73.6 Å². The molecule has 1 fully saturated rings. The highest BCUT2D eigenvalue weighted by Crippen LogP contribution is 2.24. The number of nitrogens with one attached hydrogen (secondary N) is 1. The first kappa shape index (κ1) is 40.5. The third-order valence-electron chi connectivity index (χ3n) is 6.98. The van der Waals surface area contributed by atoms with Gasteiger partial charge in [-0.3, -0.25) is 9.59 Å². The predicted octanol–water partition coefficient (Wildman–Crippen LogP) is 3.67. The van der Waals surface area contributed by atoms with Gasteiger partial charge in [0.05, 0.1) is 30.8 Å². The van der Waals surface area contributed by atoms with Crippen molar-refractivity contribution in [2.75, 3.05) is 46.8 Å². The Bertz CT molecular complexity index is 784. The van der Waals surface area contributed by atoms with Crippen molar-refractivity contribution >= 4 is 24.6 Å². The van der Waals surface area contributed by atoms with E-state index in [1.807, 2.05) is 14.0 Å². The Morgan fingerprint density at radius 3 is 2.15 bits per heavy atom. The van der Waals surface area contributed by atoms with Crippen molar-refractivity contribution in [1.29, 1.82) is 0 Å². The molecule has 2 N–H and O–H groups in total. The van der Waals surface area contributed by atoms with E-state index in [2.05, 4.69) is 49.9 Å². The van der Waals surface area contributed by atoms with Gasteiger partial charge in [-0.2, -0.15) is 0 Å². The summed E-state index contributed by atoms with van der Waals surface area (Å²) in [5.41, 5.74) is 0. The molecule has 1 aromatic rings. The van der Waals surface area contributed by atoms with Crippen LogP contribution in [0.3, 0.4) is 0 Å². The topological polar surface area (TPSA) is 134 Å². The van der Waals surface area contributed by atoms with Crippen LogP contribution >= 0.6 is 0 Å². The highest BCUT2D eigenvalue weighted by Gasteiger charge is 2.34. The van der Waals surface area contributed by atoms with Crippen LogP contribution in [0.2, 0.25) is 0 Å². The number of methoxy groups -OCH3 is 2. The van der Waals surface area contributed by atoms with E-state index in [1.165, 1.54) is 6.42 Å². The molecule has 11 nitrogen and oxygen atoms in total. The molecule has 0 spiro atoms. The van der Waals surface area contributed by atoms with Crippen LogP contribution in [0.4, 0.5) is 5.95 Å². The monoisotopic (exact) mass is 583 g/mol. The maximum atomic E-state index is 12.5. The smallest absolute Gasteiger partial charge is 0.242 e. The van der Waals surface area contributed by atoms with Gasteiger partial charge in [-0.15, -0.1) is 0 Å². The zero-order valence-electron chi connectivity index (χ0n) is 27.1. The summed E-state index contributed by atoms with van der Waals surface area (Å²) in [4.78, 5) is 45.5. The summed E-state index contributed by atoms with van der Waals surface area (Å²) in [6.45, 7) is 13.4. The molecular formula is C30H57N5O6. The van der Waals surface area contributed by atoms with Crippen molar-refractivity contribution in [2.24, 2.45) is 11.8 Å². The number of ether oxygens (including phenoxy) is 2. The normalized spacial score (nSPS) is 17.4. The van der Waals surface area contributed by atoms with Crippen molar-refractivity contribution in [3.05, 3.63) is 18.5 Å². The van der Waals surface area contributed by atoms with E-state index in [0.717, 1.165) is 52.0 Å². The zero-order valence-corrected chi connectivity index (χ0v) is 27.1. The second-order valence-corrected chi connectivity index (χ2v) is 9.94. The van der Waals surface area contributed by atoms with E-state index in [4.69, 9.17) is 14.6 Å². The molecule has 1 aliphatic heterocycles. The molecule has 0 saturated carbocycles. The van der Waals surface area contributed by atoms with E-state index in [1.54, 1.807) is 42.5 Å². The summed E-state index contributed by atoms with van der Waals surface area (Å²) in [6.07, 6.45) is 9.93. The molecule has 238 valence electrons. The van der Waals surface area contributed by atoms with Crippen LogP contribution in [-0.4, -0.2) is 109 Å². The number of aromatic nitrogens is 2. The second kappa shape index (κ2) is 25.1. The van der Waals surface area contributed by atoms with Gasteiger partial charge in [-0.05, 0) is 31.2 Å². The second-order valence-electron chi connectivity index (χ2n) is 9.94. The lowest BCUT2D eigenvalue weighted by atomic mass is 9.91. The van der Waals surface area contributed by atoms with Crippen LogP contribution in [0, 0.1) is 11.8 Å². The Labute approximate surface area is 248 Å². The summed E-state index contributed by atoms with van der Waals surface area (Å²) in [5, 5.41) is 9.96. The molecule has 1 saturated heterocycles. The Morgan fingerprint density at radius 1 is 1.12 bits per heavy atom. The number of carbonyl (C=O) groups excluding carboxylic acids is 3. The third-order valence-corrected chi connectivity index (χ3v) is 6.98. The number of hydrogen-bond donors (Lipinski definition) is 2. The Hall–Kier alpha value is -2.63. The number of amides is 2.